The van der Waals surface area contributed by atoms with Crippen LogP contribution in [0.25, 0.3) is 11.0 Å². The number of H-pyrrole nitrogens is 1. The van der Waals surface area contributed by atoms with Crippen LogP contribution in [0, 0.1) is 11.8 Å². The fourth-order valence-electron chi connectivity index (χ4n) is 2.65. The molecule has 0 radical (unpaired) electrons. The smallest absolute Gasteiger partial charge is 0.241 e. The molecule has 3 heterocycles. The normalized spacial score (nSPS) is 19.6. The van der Waals surface area contributed by atoms with Gasteiger partial charge in [0.25, 0.3) is 0 Å². The highest BCUT2D eigenvalue weighted by atomic mass is 15.3. The zero-order valence-corrected chi connectivity index (χ0v) is 11.2. The van der Waals surface area contributed by atoms with Crippen molar-refractivity contribution in [2.45, 2.75) is 20.3 Å². The number of rotatable bonds is 3. The average molecular weight is 261 g/mol. The van der Waals surface area contributed by atoms with E-state index in [1.165, 1.54) is 6.42 Å². The molecule has 3 rings (SSSR count). The Bertz CT molecular complexity index is 576. The molecule has 0 spiro atoms. The molecule has 0 bridgehead atoms. The summed E-state index contributed by atoms with van der Waals surface area (Å²) >= 11 is 0. The second kappa shape index (κ2) is 4.65. The summed E-state index contributed by atoms with van der Waals surface area (Å²) in [4.78, 5) is 11.0. The number of nitrogens with one attached hydrogen (secondary N) is 2. The lowest BCUT2D eigenvalue weighted by molar-refractivity contribution is 0.422. The van der Waals surface area contributed by atoms with Gasteiger partial charge >= 0.3 is 0 Å². The third kappa shape index (κ3) is 2.10. The maximum absolute atomic E-state index is 5.42. The molecular formula is C12H19N7. The van der Waals surface area contributed by atoms with E-state index in [2.05, 4.69) is 44.3 Å². The summed E-state index contributed by atoms with van der Waals surface area (Å²) in [5, 5.41) is 7.86. The van der Waals surface area contributed by atoms with Crippen LogP contribution in [0.15, 0.2) is 6.20 Å². The number of hydrogen-bond acceptors (Lipinski definition) is 6. The molecule has 1 aliphatic heterocycles. The van der Waals surface area contributed by atoms with E-state index in [0.29, 0.717) is 23.4 Å². The van der Waals surface area contributed by atoms with E-state index in [1.54, 1.807) is 6.20 Å². The van der Waals surface area contributed by atoms with Crippen LogP contribution in [-0.4, -0.2) is 33.3 Å². The number of hydrazine groups is 1. The maximum atomic E-state index is 5.42. The van der Waals surface area contributed by atoms with Gasteiger partial charge in [-0.15, -0.1) is 0 Å². The number of aromatic nitrogens is 4. The van der Waals surface area contributed by atoms with Crippen molar-refractivity contribution in [1.29, 1.82) is 0 Å². The first-order valence-electron chi connectivity index (χ1n) is 6.61. The number of hydrogen-bond donors (Lipinski definition) is 3. The largest absolute Gasteiger partial charge is 0.356 e. The molecular weight excluding hydrogens is 242 g/mol. The first-order chi connectivity index (χ1) is 9.19. The van der Waals surface area contributed by atoms with Crippen molar-refractivity contribution in [3.05, 3.63) is 6.20 Å². The fraction of sp³-hybridized carbons (Fsp3) is 0.583. The molecule has 0 aliphatic carbocycles. The Hall–Kier alpha value is -1.89. The summed E-state index contributed by atoms with van der Waals surface area (Å²) in [6.07, 6.45) is 2.97. The van der Waals surface area contributed by atoms with Crippen molar-refractivity contribution in [3.63, 3.8) is 0 Å². The Labute approximate surface area is 111 Å². The van der Waals surface area contributed by atoms with Gasteiger partial charge < -0.3 is 4.90 Å². The van der Waals surface area contributed by atoms with Crippen LogP contribution in [0.1, 0.15) is 20.3 Å². The van der Waals surface area contributed by atoms with Gasteiger partial charge in [-0.3, -0.25) is 10.5 Å². The highest BCUT2D eigenvalue weighted by Gasteiger charge is 2.27. The van der Waals surface area contributed by atoms with Crippen LogP contribution in [0.3, 0.4) is 0 Å². The Kier molecular flexibility index (Phi) is 2.98. The number of fused-ring (bicyclic) bond motifs is 1. The van der Waals surface area contributed by atoms with Gasteiger partial charge in [0.05, 0.1) is 11.6 Å². The van der Waals surface area contributed by atoms with Crippen LogP contribution in [0.2, 0.25) is 0 Å². The monoisotopic (exact) mass is 261 g/mol. The predicted octanol–water partition coefficient (Wildman–Crippen LogP) is 1.12. The Morgan fingerprint density at radius 3 is 3.00 bits per heavy atom. The number of nitrogens with zero attached hydrogens (tertiary/aromatic N) is 4. The molecule has 1 saturated heterocycles. The lowest BCUT2D eigenvalue weighted by Crippen LogP contribution is -2.23. The number of nitrogen functional groups attached to an aromatic ring is 1. The van der Waals surface area contributed by atoms with Gasteiger partial charge in [0.15, 0.2) is 5.65 Å². The van der Waals surface area contributed by atoms with E-state index in [0.717, 1.165) is 24.3 Å². The summed E-state index contributed by atoms with van der Waals surface area (Å²) in [5.41, 5.74) is 3.22. The Balaban J connectivity index is 1.98. The van der Waals surface area contributed by atoms with Gasteiger partial charge in [0, 0.05) is 13.1 Å². The lowest BCUT2D eigenvalue weighted by Gasteiger charge is -2.20. The first-order valence-corrected chi connectivity index (χ1v) is 6.61. The third-order valence-electron chi connectivity index (χ3n) is 3.89. The number of aromatic amines is 1. The highest BCUT2D eigenvalue weighted by Crippen LogP contribution is 2.31. The molecule has 7 nitrogen and oxygen atoms in total. The molecule has 2 aromatic heterocycles. The van der Waals surface area contributed by atoms with Crippen molar-refractivity contribution < 1.29 is 0 Å². The van der Waals surface area contributed by atoms with Crippen molar-refractivity contribution in [2.24, 2.45) is 17.7 Å². The van der Waals surface area contributed by atoms with E-state index in [-0.39, 0.29) is 0 Å². The van der Waals surface area contributed by atoms with E-state index in [1.807, 2.05) is 0 Å². The van der Waals surface area contributed by atoms with Crippen molar-refractivity contribution in [3.8, 4) is 0 Å². The molecule has 1 fully saturated rings. The lowest BCUT2D eigenvalue weighted by atomic mass is 9.95. The van der Waals surface area contributed by atoms with Gasteiger partial charge in [-0.05, 0) is 18.3 Å². The summed E-state index contributed by atoms with van der Waals surface area (Å²) < 4.78 is 0. The molecule has 0 saturated carbocycles. The predicted molar refractivity (Wildman–Crippen MR) is 74.7 cm³/mol. The minimum absolute atomic E-state index is 0.416. The van der Waals surface area contributed by atoms with Gasteiger partial charge in [-0.1, -0.05) is 13.8 Å². The van der Waals surface area contributed by atoms with Crippen molar-refractivity contribution >= 4 is 22.8 Å². The SMILES string of the molecule is CC(C)C1CCN(c2nc(NN)nc3[nH]ncc23)C1. The molecule has 4 N–H and O–H groups in total. The van der Waals surface area contributed by atoms with Crippen LogP contribution >= 0.6 is 0 Å². The second-order valence-corrected chi connectivity index (χ2v) is 5.39. The zero-order valence-electron chi connectivity index (χ0n) is 11.2. The number of nitrogens with two attached hydrogens (primary N) is 1. The molecule has 0 amide bonds. The molecule has 1 aliphatic rings. The van der Waals surface area contributed by atoms with Crippen LogP contribution in [0.4, 0.5) is 11.8 Å². The Morgan fingerprint density at radius 1 is 1.47 bits per heavy atom. The van der Waals surface area contributed by atoms with E-state index >= 15 is 0 Å². The summed E-state index contributed by atoms with van der Waals surface area (Å²) in [5.74, 6) is 8.16. The van der Waals surface area contributed by atoms with Gasteiger partial charge in [-0.2, -0.15) is 15.1 Å². The number of anilines is 2. The maximum Gasteiger partial charge on any atom is 0.241 e. The summed E-state index contributed by atoms with van der Waals surface area (Å²) in [6.45, 7) is 6.59. The van der Waals surface area contributed by atoms with Gasteiger partial charge in [-0.25, -0.2) is 5.84 Å². The first kappa shape index (κ1) is 12.2. The zero-order chi connectivity index (χ0) is 13.4. The molecule has 7 heteroatoms. The molecule has 0 aromatic carbocycles. The Morgan fingerprint density at radius 2 is 2.32 bits per heavy atom. The third-order valence-corrected chi connectivity index (χ3v) is 3.89. The van der Waals surface area contributed by atoms with Gasteiger partial charge in [0.1, 0.15) is 5.82 Å². The summed E-state index contributed by atoms with van der Waals surface area (Å²) in [6, 6.07) is 0. The highest BCUT2D eigenvalue weighted by molar-refractivity contribution is 5.87. The second-order valence-electron chi connectivity index (χ2n) is 5.39. The minimum Gasteiger partial charge on any atom is -0.356 e. The standard InChI is InChI=1S/C12H19N7/c1-7(2)8-3-4-19(6-8)11-9-5-14-18-10(9)15-12(16-11)17-13/h5,7-8H,3-4,6,13H2,1-2H3,(H2,14,15,16,17,18). The molecule has 1 unspecified atom stereocenters. The molecule has 2 aromatic rings. The van der Waals surface area contributed by atoms with E-state index in [4.69, 9.17) is 5.84 Å². The van der Waals surface area contributed by atoms with Crippen molar-refractivity contribution in [2.75, 3.05) is 23.4 Å². The summed E-state index contributed by atoms with van der Waals surface area (Å²) in [7, 11) is 0. The van der Waals surface area contributed by atoms with Crippen LogP contribution in [-0.2, 0) is 0 Å². The fourth-order valence-corrected chi connectivity index (χ4v) is 2.65. The minimum atomic E-state index is 0.416. The quantitative estimate of drug-likeness (QED) is 0.566. The average Bonchev–Trinajstić information content (AvgIpc) is 3.06. The van der Waals surface area contributed by atoms with E-state index in [9.17, 15) is 0 Å². The van der Waals surface area contributed by atoms with Crippen molar-refractivity contribution in [1.82, 2.24) is 20.2 Å². The topological polar surface area (TPSA) is 95.8 Å². The molecule has 19 heavy (non-hydrogen) atoms. The van der Waals surface area contributed by atoms with Crippen LogP contribution < -0.4 is 16.2 Å². The van der Waals surface area contributed by atoms with Crippen LogP contribution in [0.5, 0.6) is 0 Å². The van der Waals surface area contributed by atoms with Gasteiger partial charge in [0.2, 0.25) is 5.95 Å². The molecule has 102 valence electrons. The van der Waals surface area contributed by atoms with E-state index < -0.39 is 0 Å². The molecule has 1 atom stereocenters.